The number of hydrogen-bond acceptors (Lipinski definition) is 9. The minimum atomic E-state index is -2.30. The lowest BCUT2D eigenvalue weighted by Gasteiger charge is -2.63. The van der Waals surface area contributed by atoms with Crippen molar-refractivity contribution in [2.24, 2.45) is 28.6 Å². The highest BCUT2D eigenvalue weighted by Gasteiger charge is 2.78. The topological polar surface area (TPSA) is 119 Å². The first-order valence-corrected chi connectivity index (χ1v) is 22.7. The van der Waals surface area contributed by atoms with Crippen LogP contribution in [0.4, 0.5) is 13.2 Å². The van der Waals surface area contributed by atoms with E-state index < -0.39 is 75.0 Å². The number of carbonyl (C=O) groups excluding carboxylic acids is 3. The number of ether oxygens (including phenoxy) is 1. The molecule has 62 heavy (non-hydrogen) atoms. The molecule has 1 N–H and O–H groups in total. The molecule has 336 valence electrons. The van der Waals surface area contributed by atoms with E-state index in [-0.39, 0.29) is 55.3 Å². The molecule has 8 rings (SSSR count). The summed E-state index contributed by atoms with van der Waals surface area (Å²) in [6.45, 7) is 8.53. The molecule has 0 bridgehead atoms. The van der Waals surface area contributed by atoms with E-state index in [1.165, 1.54) is 19.1 Å². The second-order valence-electron chi connectivity index (χ2n) is 18.0. The molecule has 1 aliphatic heterocycles. The van der Waals surface area contributed by atoms with Crippen LogP contribution >= 0.6 is 35.8 Å². The van der Waals surface area contributed by atoms with Gasteiger partial charge in [-0.2, -0.15) is 5.10 Å². The molecule has 10 atom stereocenters. The zero-order chi connectivity index (χ0) is 44.1. The van der Waals surface area contributed by atoms with Crippen LogP contribution in [-0.4, -0.2) is 86.3 Å². The van der Waals surface area contributed by atoms with Crippen molar-refractivity contribution in [3.05, 3.63) is 99.0 Å². The Balaban J connectivity index is 0.000000209. The van der Waals surface area contributed by atoms with Gasteiger partial charge in [-0.3, -0.25) is 19.2 Å². The minimum Gasteiger partial charge on any atom is -0.449 e. The quantitative estimate of drug-likeness (QED) is 0.232. The number of aliphatic hydroxyl groups is 1. The number of fused-ring (bicyclic) bond motifs is 6. The van der Waals surface area contributed by atoms with E-state index in [9.17, 15) is 28.7 Å². The lowest BCUT2D eigenvalue weighted by Crippen LogP contribution is -2.70. The van der Waals surface area contributed by atoms with Crippen LogP contribution in [-0.2, 0) is 25.5 Å². The highest BCUT2D eigenvalue weighted by molar-refractivity contribution is 8.13. The molecule has 9 nitrogen and oxygen atoms in total. The van der Waals surface area contributed by atoms with Gasteiger partial charge in [-0.25, -0.2) is 17.9 Å². The van der Waals surface area contributed by atoms with Gasteiger partial charge in [-0.15, -0.1) is 12.4 Å². The number of thioether (sulfide) groups is 1. The number of carbonyl (C=O) groups is 3. The Morgan fingerprint density at radius 3 is 2.40 bits per heavy atom. The highest BCUT2D eigenvalue weighted by Crippen LogP contribution is 2.72. The second-order valence-corrected chi connectivity index (χ2v) is 19.3. The van der Waals surface area contributed by atoms with Crippen molar-refractivity contribution in [3.8, 4) is 0 Å². The summed E-state index contributed by atoms with van der Waals surface area (Å²) in [6, 6.07) is 14.8. The maximum atomic E-state index is 17.2. The summed E-state index contributed by atoms with van der Waals surface area (Å²) in [5.74, 6) is -3.30. The zero-order valence-electron chi connectivity index (χ0n) is 35.8. The molecule has 0 spiro atoms. The van der Waals surface area contributed by atoms with Gasteiger partial charge in [-0.1, -0.05) is 68.8 Å². The summed E-state index contributed by atoms with van der Waals surface area (Å²) in [6.07, 6.45) is 3.89. The molecular formula is C47H56Cl2F3N3O6S. The highest BCUT2D eigenvalue weighted by atomic mass is 35.5. The lowest BCUT2D eigenvalue weighted by molar-refractivity contribution is -0.228. The monoisotopic (exact) mass is 917 g/mol. The van der Waals surface area contributed by atoms with E-state index in [4.69, 9.17) is 21.4 Å². The van der Waals surface area contributed by atoms with E-state index in [0.717, 1.165) is 65.5 Å². The van der Waals surface area contributed by atoms with E-state index in [2.05, 4.69) is 11.9 Å². The largest absolute Gasteiger partial charge is 0.449 e. The van der Waals surface area contributed by atoms with Crippen molar-refractivity contribution in [2.45, 2.75) is 109 Å². The van der Waals surface area contributed by atoms with Crippen LogP contribution < -0.4 is 5.56 Å². The molecule has 0 radical (unpaired) electrons. The third-order valence-electron chi connectivity index (χ3n) is 14.7. The van der Waals surface area contributed by atoms with Crippen LogP contribution in [0.3, 0.4) is 0 Å². The molecule has 4 aliphatic carbocycles. The van der Waals surface area contributed by atoms with Gasteiger partial charge >= 0.3 is 5.97 Å². The first kappa shape index (κ1) is 48.0. The predicted molar refractivity (Wildman–Crippen MR) is 239 cm³/mol. The predicted octanol–water partition coefficient (Wildman–Crippen LogP) is 9.15. The molecule has 3 saturated carbocycles. The second kappa shape index (κ2) is 18.5. The number of aliphatic hydroxyl groups excluding tert-OH is 1. The van der Waals surface area contributed by atoms with Gasteiger partial charge < -0.3 is 14.7 Å². The van der Waals surface area contributed by atoms with E-state index in [1.807, 2.05) is 48.5 Å². The number of benzene rings is 2. The number of aromatic nitrogens is 2. The summed E-state index contributed by atoms with van der Waals surface area (Å²) in [4.78, 5) is 53.3. The van der Waals surface area contributed by atoms with Crippen molar-refractivity contribution < 1.29 is 37.4 Å². The molecule has 1 aromatic heterocycles. The average molecular weight is 919 g/mol. The summed E-state index contributed by atoms with van der Waals surface area (Å²) in [7, 11) is 2.14. The van der Waals surface area contributed by atoms with E-state index >= 15 is 8.78 Å². The Morgan fingerprint density at radius 2 is 1.73 bits per heavy atom. The van der Waals surface area contributed by atoms with Crippen LogP contribution in [0.2, 0.25) is 5.02 Å². The van der Waals surface area contributed by atoms with Crippen molar-refractivity contribution >= 4 is 63.4 Å². The molecule has 15 heteroatoms. The molecule has 5 aliphatic rings. The first-order chi connectivity index (χ1) is 28.9. The Hall–Kier alpha value is -3.49. The fourth-order valence-corrected chi connectivity index (χ4v) is 12.5. The molecule has 2 heterocycles. The SMILES string of the molecule is CCC(=O)O[C@]1(C(=O)SCF)[C@H](C)C[C@H]2C3C[C@H](F)C4=CC(=O)C=C[C@]4(C)[C@@]3(F)[C@@H](O)C[C@@]21C.CN1CCCC(n2nc(Cc3ccc(Cl)cc3)c3ccccc3c2=O)CC1.Cl. The Labute approximate surface area is 376 Å². The Bertz CT molecular complexity index is 2310. The molecule has 3 aromatic rings. The van der Waals surface area contributed by atoms with E-state index in [1.54, 1.807) is 25.5 Å². The van der Waals surface area contributed by atoms with Gasteiger partial charge in [0.05, 0.1) is 23.2 Å². The van der Waals surface area contributed by atoms with Crippen molar-refractivity contribution in [1.82, 2.24) is 14.7 Å². The van der Waals surface area contributed by atoms with Gasteiger partial charge in [0.1, 0.15) is 12.2 Å². The number of ketones is 1. The van der Waals surface area contributed by atoms with Crippen molar-refractivity contribution in [2.75, 3.05) is 26.1 Å². The minimum absolute atomic E-state index is 0. The van der Waals surface area contributed by atoms with Gasteiger partial charge in [0.25, 0.3) is 5.56 Å². The van der Waals surface area contributed by atoms with Gasteiger partial charge in [0, 0.05) is 45.9 Å². The summed E-state index contributed by atoms with van der Waals surface area (Å²) >= 11 is 6.42. The van der Waals surface area contributed by atoms with Gasteiger partial charge in [0.15, 0.2) is 17.1 Å². The number of likely N-dealkylation sites (tertiary alicyclic amines) is 1. The number of allylic oxidation sites excluding steroid dienone is 4. The third-order valence-corrected chi connectivity index (χ3v) is 15.6. The van der Waals surface area contributed by atoms with Crippen LogP contribution in [0.5, 0.6) is 0 Å². The Kier molecular flexibility index (Phi) is 14.4. The number of esters is 1. The zero-order valence-corrected chi connectivity index (χ0v) is 38.1. The third kappa shape index (κ3) is 8.00. The smallest absolute Gasteiger partial charge is 0.306 e. The first-order valence-electron chi connectivity index (χ1n) is 21.3. The normalized spacial score (nSPS) is 34.0. The van der Waals surface area contributed by atoms with Crippen LogP contribution in [0, 0.1) is 28.6 Å². The van der Waals surface area contributed by atoms with Crippen LogP contribution in [0.25, 0.3) is 10.8 Å². The maximum Gasteiger partial charge on any atom is 0.306 e. The van der Waals surface area contributed by atoms with E-state index in [0.29, 0.717) is 18.2 Å². The summed E-state index contributed by atoms with van der Waals surface area (Å²) in [5, 5.41) is 18.0. The molecule has 4 fully saturated rings. The summed E-state index contributed by atoms with van der Waals surface area (Å²) < 4.78 is 53.6. The molecule has 2 aromatic carbocycles. The van der Waals surface area contributed by atoms with Crippen LogP contribution in [0.15, 0.2) is 77.1 Å². The summed E-state index contributed by atoms with van der Waals surface area (Å²) in [5.41, 5.74) is -4.72. The maximum absolute atomic E-state index is 17.2. The number of hydrogen-bond donors (Lipinski definition) is 1. The Morgan fingerprint density at radius 1 is 1.03 bits per heavy atom. The lowest BCUT2D eigenvalue weighted by atomic mass is 9.44. The fourth-order valence-electron chi connectivity index (χ4n) is 11.5. The number of rotatable bonds is 7. The van der Waals surface area contributed by atoms with Gasteiger partial charge in [-0.05, 0) is 125 Å². The number of nitrogens with zero attached hydrogens (tertiary/aromatic N) is 3. The fraction of sp³-hybridized carbons (Fsp3) is 0.553. The average Bonchev–Trinajstić information content (AvgIpc) is 3.33. The van der Waals surface area contributed by atoms with Crippen molar-refractivity contribution in [3.63, 3.8) is 0 Å². The van der Waals surface area contributed by atoms with Gasteiger partial charge in [0.2, 0.25) is 5.12 Å². The molecular weight excluding hydrogens is 862 g/mol. The molecule has 2 unspecified atom stereocenters. The van der Waals surface area contributed by atoms with Crippen LogP contribution in [0.1, 0.15) is 89.9 Å². The molecule has 0 amide bonds. The number of alkyl halides is 3. The standard InChI is InChI=1S/C25H31F3O5S.C22H24ClN3O.ClH/c1-5-20(31)33-25(21(32)34-12-26)13(2)8-15-16-10-18(27)17-9-14(29)6-7-22(17,3)24(16,28)19(30)11-23(15,25)4;1-25-13-4-5-18(12-14-25)26-22(27)20-7-3-2-6-19(20)21(24-26)15-16-8-10-17(23)11-9-16;/h6-7,9,13,15-16,18-19,30H,5,8,10-12H2,1-4H3;2-3,6-11,18H,4-5,12-15H2,1H3;1H/t13-,15+,16?,18+,19+,22+,23+,24+,25+;;/m1../s1. The van der Waals surface area contributed by atoms with Crippen molar-refractivity contribution in [1.29, 1.82) is 0 Å². The number of halogens is 5. The molecule has 1 saturated heterocycles.